The molecule has 1 aliphatic heterocycles. The highest BCUT2D eigenvalue weighted by Crippen LogP contribution is 2.35. The van der Waals surface area contributed by atoms with Crippen molar-refractivity contribution in [2.45, 2.75) is 12.7 Å². The lowest BCUT2D eigenvalue weighted by molar-refractivity contribution is 0.0651. The van der Waals surface area contributed by atoms with Crippen LogP contribution in [0.15, 0.2) is 65.3 Å². The van der Waals surface area contributed by atoms with E-state index in [4.69, 9.17) is 9.15 Å². The van der Waals surface area contributed by atoms with Crippen molar-refractivity contribution in [1.82, 2.24) is 4.90 Å². The Balaban J connectivity index is 1.76. The molecule has 2 heterocycles. The molecule has 26 heavy (non-hydrogen) atoms. The lowest BCUT2D eigenvalue weighted by Gasteiger charge is -2.37. The van der Waals surface area contributed by atoms with Gasteiger partial charge in [-0.2, -0.15) is 0 Å². The van der Waals surface area contributed by atoms with Gasteiger partial charge < -0.3 is 19.4 Å². The van der Waals surface area contributed by atoms with Gasteiger partial charge in [-0.25, -0.2) is 4.39 Å². The zero-order valence-corrected chi connectivity index (χ0v) is 14.1. The third-order valence-corrected chi connectivity index (χ3v) is 4.42. The maximum atomic E-state index is 14.2. The summed E-state index contributed by atoms with van der Waals surface area (Å²) in [6, 6.07) is 15.5. The molecule has 4 rings (SSSR count). The lowest BCUT2D eigenvalue weighted by Crippen LogP contribution is -2.42. The van der Waals surface area contributed by atoms with Crippen LogP contribution in [-0.2, 0) is 6.54 Å². The van der Waals surface area contributed by atoms with Crippen LogP contribution in [0, 0.1) is 5.82 Å². The zero-order chi connectivity index (χ0) is 18.1. The summed E-state index contributed by atoms with van der Waals surface area (Å²) in [5.41, 5.74) is 1.91. The number of benzene rings is 2. The second kappa shape index (κ2) is 6.55. The molecule has 0 saturated carbocycles. The van der Waals surface area contributed by atoms with Crippen molar-refractivity contribution in [3.05, 3.63) is 83.6 Å². The highest BCUT2D eigenvalue weighted by molar-refractivity contribution is 6.01. The van der Waals surface area contributed by atoms with Crippen LogP contribution in [0.3, 0.4) is 0 Å². The Morgan fingerprint density at radius 2 is 2.04 bits per heavy atom. The van der Waals surface area contributed by atoms with Gasteiger partial charge in [0, 0.05) is 5.69 Å². The Labute approximate surface area is 150 Å². The summed E-state index contributed by atoms with van der Waals surface area (Å²) in [5, 5.41) is 3.33. The average Bonchev–Trinajstić information content (AvgIpc) is 3.17. The third-order valence-electron chi connectivity index (χ3n) is 4.42. The Morgan fingerprint density at radius 3 is 2.77 bits per heavy atom. The largest absolute Gasteiger partial charge is 0.494 e. The number of rotatable bonds is 4. The minimum atomic E-state index is -0.525. The number of anilines is 1. The fourth-order valence-electron chi connectivity index (χ4n) is 3.14. The molecule has 1 unspecified atom stereocenters. The minimum Gasteiger partial charge on any atom is -0.494 e. The van der Waals surface area contributed by atoms with E-state index in [1.165, 1.54) is 13.2 Å². The van der Waals surface area contributed by atoms with Crippen molar-refractivity contribution in [2.24, 2.45) is 0 Å². The quantitative estimate of drug-likeness (QED) is 0.765. The molecular formula is C20H17FN2O3. The van der Waals surface area contributed by atoms with Crippen molar-refractivity contribution >= 4 is 11.6 Å². The number of methoxy groups -OCH3 is 1. The molecule has 0 fully saturated rings. The molecule has 1 aromatic heterocycles. The number of fused-ring (bicyclic) bond motifs is 1. The van der Waals surface area contributed by atoms with Crippen molar-refractivity contribution in [3.8, 4) is 5.75 Å². The molecule has 1 atom stereocenters. The van der Waals surface area contributed by atoms with Gasteiger partial charge in [-0.1, -0.05) is 18.2 Å². The first-order chi connectivity index (χ1) is 12.7. The number of halogens is 1. The van der Waals surface area contributed by atoms with Gasteiger partial charge in [0.05, 0.1) is 25.5 Å². The summed E-state index contributed by atoms with van der Waals surface area (Å²) in [7, 11) is 1.42. The molecule has 0 aliphatic carbocycles. The maximum absolute atomic E-state index is 14.2. The number of para-hydroxylation sites is 1. The van der Waals surface area contributed by atoms with E-state index in [2.05, 4.69) is 5.32 Å². The van der Waals surface area contributed by atoms with Gasteiger partial charge in [-0.3, -0.25) is 4.79 Å². The molecule has 6 heteroatoms. The monoisotopic (exact) mass is 352 g/mol. The molecule has 2 aromatic carbocycles. The van der Waals surface area contributed by atoms with E-state index >= 15 is 0 Å². The number of hydrogen-bond donors (Lipinski definition) is 1. The first-order valence-electron chi connectivity index (χ1n) is 8.19. The molecule has 1 N–H and O–H groups in total. The number of nitrogens with one attached hydrogen (secondary N) is 1. The first-order valence-corrected chi connectivity index (χ1v) is 8.19. The predicted molar refractivity (Wildman–Crippen MR) is 94.3 cm³/mol. The fourth-order valence-corrected chi connectivity index (χ4v) is 3.14. The molecule has 1 amide bonds. The van der Waals surface area contributed by atoms with Crippen LogP contribution >= 0.6 is 0 Å². The van der Waals surface area contributed by atoms with Crippen LogP contribution in [0.2, 0.25) is 0 Å². The summed E-state index contributed by atoms with van der Waals surface area (Å²) in [4.78, 5) is 14.7. The van der Waals surface area contributed by atoms with Crippen molar-refractivity contribution in [3.63, 3.8) is 0 Å². The molecule has 3 aromatic rings. The van der Waals surface area contributed by atoms with E-state index in [-0.39, 0.29) is 18.2 Å². The van der Waals surface area contributed by atoms with Crippen LogP contribution in [0.1, 0.15) is 27.8 Å². The fraction of sp³-hybridized carbons (Fsp3) is 0.150. The van der Waals surface area contributed by atoms with E-state index in [9.17, 15) is 9.18 Å². The number of carbonyl (C=O) groups is 1. The molecule has 0 saturated heterocycles. The Bertz CT molecular complexity index is 940. The molecule has 0 radical (unpaired) electrons. The van der Waals surface area contributed by atoms with Crippen molar-refractivity contribution in [2.75, 3.05) is 12.4 Å². The zero-order valence-electron chi connectivity index (χ0n) is 14.1. The lowest BCUT2D eigenvalue weighted by atomic mass is 10.0. The van der Waals surface area contributed by atoms with Gasteiger partial charge in [0.25, 0.3) is 5.91 Å². The summed E-state index contributed by atoms with van der Waals surface area (Å²) >= 11 is 0. The first kappa shape index (κ1) is 16.2. The standard InChI is InChI=1S/C20H17FN2O3/c1-25-18-9-8-13(11-16(18)21)19-22-17-7-3-2-6-15(17)20(24)23(19)12-14-5-4-10-26-14/h2-11,19,22H,12H2,1H3. The van der Waals surface area contributed by atoms with Gasteiger partial charge >= 0.3 is 0 Å². The molecule has 1 aliphatic rings. The second-order valence-corrected chi connectivity index (χ2v) is 6.00. The Morgan fingerprint density at radius 1 is 1.19 bits per heavy atom. The van der Waals surface area contributed by atoms with Crippen molar-refractivity contribution < 1.29 is 18.3 Å². The van der Waals surface area contributed by atoms with Gasteiger partial charge in [0.2, 0.25) is 0 Å². The van der Waals surface area contributed by atoms with E-state index in [0.717, 1.165) is 5.69 Å². The predicted octanol–water partition coefficient (Wildman–Crippen LogP) is 4.19. The van der Waals surface area contributed by atoms with E-state index in [0.29, 0.717) is 16.9 Å². The molecule has 132 valence electrons. The van der Waals surface area contributed by atoms with Gasteiger partial charge in [-0.05, 0) is 42.0 Å². The topological polar surface area (TPSA) is 54.7 Å². The number of hydrogen-bond acceptors (Lipinski definition) is 4. The van der Waals surface area contributed by atoms with Crippen LogP contribution in [0.5, 0.6) is 5.75 Å². The highest BCUT2D eigenvalue weighted by Gasteiger charge is 2.33. The highest BCUT2D eigenvalue weighted by atomic mass is 19.1. The molecule has 0 bridgehead atoms. The van der Waals surface area contributed by atoms with Crippen LogP contribution < -0.4 is 10.1 Å². The van der Waals surface area contributed by atoms with E-state index < -0.39 is 12.0 Å². The minimum absolute atomic E-state index is 0.142. The maximum Gasteiger partial charge on any atom is 0.258 e. The Kier molecular flexibility index (Phi) is 4.08. The number of ether oxygens (including phenoxy) is 1. The SMILES string of the molecule is COc1ccc(C2Nc3ccccc3C(=O)N2Cc2ccco2)cc1F. The summed E-state index contributed by atoms with van der Waals surface area (Å²) in [6.45, 7) is 0.269. The number of nitrogens with zero attached hydrogens (tertiary/aromatic N) is 1. The van der Waals surface area contributed by atoms with Crippen LogP contribution in [0.4, 0.5) is 10.1 Å². The van der Waals surface area contributed by atoms with Crippen LogP contribution in [-0.4, -0.2) is 17.9 Å². The molecule has 0 spiro atoms. The van der Waals surface area contributed by atoms with E-state index in [1.807, 2.05) is 18.2 Å². The van der Waals surface area contributed by atoms with Gasteiger partial charge in [0.15, 0.2) is 11.6 Å². The molecule has 5 nitrogen and oxygen atoms in total. The number of furan rings is 1. The third kappa shape index (κ3) is 2.79. The summed E-state index contributed by atoms with van der Waals surface area (Å²) in [6.07, 6.45) is 1.04. The van der Waals surface area contributed by atoms with E-state index in [1.54, 1.807) is 41.5 Å². The smallest absolute Gasteiger partial charge is 0.258 e. The normalized spacial score (nSPS) is 16.2. The second-order valence-electron chi connectivity index (χ2n) is 6.00. The average molecular weight is 352 g/mol. The van der Waals surface area contributed by atoms with Crippen molar-refractivity contribution in [1.29, 1.82) is 0 Å². The van der Waals surface area contributed by atoms with Gasteiger partial charge in [-0.15, -0.1) is 0 Å². The Hall–Kier alpha value is -3.28. The summed E-state index contributed by atoms with van der Waals surface area (Å²) < 4.78 is 24.6. The van der Waals surface area contributed by atoms with Crippen LogP contribution in [0.25, 0.3) is 0 Å². The molecular weight excluding hydrogens is 335 g/mol. The number of carbonyl (C=O) groups excluding carboxylic acids is 1. The van der Waals surface area contributed by atoms with Gasteiger partial charge in [0.1, 0.15) is 11.9 Å². The summed E-state index contributed by atoms with van der Waals surface area (Å²) in [5.74, 6) is 0.195. The number of amides is 1.